The molecule has 5 heteroatoms. The van der Waals surface area contributed by atoms with Gasteiger partial charge in [0.05, 0.1) is 4.90 Å². The molecule has 150 valence electrons. The number of hydrogen-bond donors (Lipinski definition) is 0. The minimum Gasteiger partial charge on any atom is -0.207 e. The van der Waals surface area contributed by atoms with Gasteiger partial charge in [0.15, 0.2) is 0 Å². The second-order valence-corrected chi connectivity index (χ2v) is 12.0. The molecule has 2 bridgehead atoms. The maximum atomic E-state index is 13.5. The van der Waals surface area contributed by atoms with Crippen molar-refractivity contribution in [2.75, 3.05) is 6.54 Å². The monoisotopic (exact) mass is 417 g/mol. The molecule has 0 radical (unpaired) electrons. The quantitative estimate of drug-likeness (QED) is 0.628. The molecular weight excluding hydrogens is 390 g/mol. The summed E-state index contributed by atoms with van der Waals surface area (Å²) in [4.78, 5) is 0.381. The zero-order valence-electron chi connectivity index (χ0n) is 16.9. The van der Waals surface area contributed by atoms with E-state index in [4.69, 9.17) is 11.6 Å². The second-order valence-electron chi connectivity index (χ2n) is 9.64. The van der Waals surface area contributed by atoms with Crippen molar-refractivity contribution in [1.82, 2.24) is 4.31 Å². The van der Waals surface area contributed by atoms with Crippen molar-refractivity contribution in [3.05, 3.63) is 53.6 Å². The van der Waals surface area contributed by atoms with Crippen molar-refractivity contribution < 1.29 is 8.42 Å². The van der Waals surface area contributed by atoms with Gasteiger partial charge in [-0.2, -0.15) is 4.31 Å². The van der Waals surface area contributed by atoms with Gasteiger partial charge in [0.1, 0.15) is 0 Å². The van der Waals surface area contributed by atoms with Gasteiger partial charge < -0.3 is 0 Å². The van der Waals surface area contributed by atoms with E-state index >= 15 is 0 Å². The predicted molar refractivity (Wildman–Crippen MR) is 115 cm³/mol. The fraction of sp³-hybridized carbons (Fsp3) is 0.478. The zero-order chi connectivity index (χ0) is 20.3. The van der Waals surface area contributed by atoms with Crippen molar-refractivity contribution in [2.45, 2.75) is 51.5 Å². The summed E-state index contributed by atoms with van der Waals surface area (Å²) < 4.78 is 28.7. The zero-order valence-corrected chi connectivity index (χ0v) is 18.5. The molecule has 0 spiro atoms. The van der Waals surface area contributed by atoms with E-state index in [0.29, 0.717) is 22.4 Å². The summed E-state index contributed by atoms with van der Waals surface area (Å²) in [7, 11) is -3.51. The third-order valence-electron chi connectivity index (χ3n) is 6.85. The molecule has 1 aliphatic carbocycles. The molecule has 2 fully saturated rings. The van der Waals surface area contributed by atoms with Crippen LogP contribution in [0.5, 0.6) is 0 Å². The Bertz CT molecular complexity index is 982. The van der Waals surface area contributed by atoms with Gasteiger partial charge in [0, 0.05) is 17.6 Å². The molecule has 2 aliphatic rings. The highest BCUT2D eigenvalue weighted by Gasteiger charge is 2.57. The molecule has 1 saturated carbocycles. The van der Waals surface area contributed by atoms with E-state index in [2.05, 4.69) is 27.7 Å². The molecule has 1 saturated heterocycles. The lowest BCUT2D eigenvalue weighted by molar-refractivity contribution is 0.0760. The van der Waals surface area contributed by atoms with Gasteiger partial charge >= 0.3 is 0 Å². The summed E-state index contributed by atoms with van der Waals surface area (Å²) in [6.45, 7) is 9.62. The maximum Gasteiger partial charge on any atom is 0.243 e. The van der Waals surface area contributed by atoms with Crippen LogP contribution in [0.4, 0.5) is 0 Å². The van der Waals surface area contributed by atoms with E-state index in [-0.39, 0.29) is 16.9 Å². The number of halogens is 1. The van der Waals surface area contributed by atoms with Gasteiger partial charge in [-0.15, -0.1) is 0 Å². The Balaban J connectivity index is 1.65. The van der Waals surface area contributed by atoms with E-state index in [9.17, 15) is 8.42 Å². The third kappa shape index (κ3) is 3.30. The highest BCUT2D eigenvalue weighted by molar-refractivity contribution is 7.89. The molecule has 1 aliphatic heterocycles. The van der Waals surface area contributed by atoms with Gasteiger partial charge in [-0.3, -0.25) is 0 Å². The number of benzene rings is 2. The fourth-order valence-corrected chi connectivity index (χ4v) is 7.37. The van der Waals surface area contributed by atoms with Crippen molar-refractivity contribution in [2.24, 2.45) is 16.7 Å². The Morgan fingerprint density at radius 1 is 0.964 bits per heavy atom. The molecule has 2 aromatic carbocycles. The van der Waals surface area contributed by atoms with Crippen LogP contribution in [-0.2, 0) is 10.0 Å². The van der Waals surface area contributed by atoms with E-state index < -0.39 is 10.0 Å². The molecule has 3 atom stereocenters. The average molecular weight is 418 g/mol. The summed E-state index contributed by atoms with van der Waals surface area (Å²) in [6.07, 6.45) is 1.99. The van der Waals surface area contributed by atoms with Gasteiger partial charge in [-0.25, -0.2) is 8.42 Å². The summed E-state index contributed by atoms with van der Waals surface area (Å²) in [5, 5.41) is 0.689. The van der Waals surface area contributed by atoms with Crippen LogP contribution in [0.1, 0.15) is 40.5 Å². The van der Waals surface area contributed by atoms with Gasteiger partial charge in [-0.05, 0) is 65.0 Å². The molecule has 4 rings (SSSR count). The standard InChI is InChI=1S/C23H28ClNO2S/c1-16-21-13-22(2,3)14-23(16,4)15-25(21)28(26,27)20-11-7-18(8-12-20)17-5-9-19(24)10-6-17/h5-12,16,21H,13-15H2,1-4H3/t16-,21?,23?/m0/s1. The minimum absolute atomic E-state index is 0.0444. The maximum absolute atomic E-state index is 13.5. The Morgan fingerprint density at radius 3 is 2.07 bits per heavy atom. The summed E-state index contributed by atoms with van der Waals surface area (Å²) in [5.74, 6) is 0.378. The SMILES string of the molecule is C[C@H]1C2CC(C)(C)CC1(C)CN2S(=O)(=O)c1ccc(-c2ccc(Cl)cc2)cc1. The Hall–Kier alpha value is -1.36. The molecular formula is C23H28ClNO2S. The Morgan fingerprint density at radius 2 is 1.50 bits per heavy atom. The van der Waals surface area contributed by atoms with Crippen molar-refractivity contribution >= 4 is 21.6 Å². The van der Waals surface area contributed by atoms with Crippen LogP contribution in [0.15, 0.2) is 53.4 Å². The molecule has 2 unspecified atom stereocenters. The lowest BCUT2D eigenvalue weighted by Crippen LogP contribution is -2.42. The molecule has 1 heterocycles. The molecule has 3 nitrogen and oxygen atoms in total. The van der Waals surface area contributed by atoms with E-state index in [1.165, 1.54) is 0 Å². The topological polar surface area (TPSA) is 37.4 Å². The first-order valence-corrected chi connectivity index (χ1v) is 11.7. The first-order chi connectivity index (χ1) is 13.0. The van der Waals surface area contributed by atoms with Crippen molar-refractivity contribution in [3.8, 4) is 11.1 Å². The van der Waals surface area contributed by atoms with Gasteiger partial charge in [-0.1, -0.05) is 63.6 Å². The Labute approximate surface area is 173 Å². The highest BCUT2D eigenvalue weighted by atomic mass is 35.5. The lowest BCUT2D eigenvalue weighted by atomic mass is 9.60. The summed E-state index contributed by atoms with van der Waals surface area (Å²) >= 11 is 5.96. The smallest absolute Gasteiger partial charge is 0.207 e. The molecule has 0 amide bonds. The normalized spacial score (nSPS) is 29.8. The molecule has 28 heavy (non-hydrogen) atoms. The lowest BCUT2D eigenvalue weighted by Gasteiger charge is -2.44. The Kier molecular flexibility index (Phi) is 4.68. The number of hydrogen-bond acceptors (Lipinski definition) is 2. The molecule has 0 N–H and O–H groups in total. The average Bonchev–Trinajstić information content (AvgIpc) is 2.79. The number of nitrogens with zero attached hydrogens (tertiary/aromatic N) is 1. The van der Waals surface area contributed by atoms with Crippen molar-refractivity contribution in [1.29, 1.82) is 0 Å². The van der Waals surface area contributed by atoms with Gasteiger partial charge in [0.2, 0.25) is 10.0 Å². The van der Waals surface area contributed by atoms with Crippen LogP contribution >= 0.6 is 11.6 Å². The largest absolute Gasteiger partial charge is 0.243 e. The summed E-state index contributed by atoms with van der Waals surface area (Å²) in [6, 6.07) is 14.9. The summed E-state index contributed by atoms with van der Waals surface area (Å²) in [5.41, 5.74) is 2.22. The predicted octanol–water partition coefficient (Wildman–Crippen LogP) is 5.84. The fourth-order valence-electron chi connectivity index (χ4n) is 5.42. The highest BCUT2D eigenvalue weighted by Crippen LogP contribution is 2.56. The van der Waals surface area contributed by atoms with E-state index in [1.54, 1.807) is 16.4 Å². The van der Waals surface area contributed by atoms with Crippen LogP contribution < -0.4 is 0 Å². The van der Waals surface area contributed by atoms with E-state index in [1.807, 2.05) is 36.4 Å². The minimum atomic E-state index is -3.51. The van der Waals surface area contributed by atoms with Crippen molar-refractivity contribution in [3.63, 3.8) is 0 Å². The second kappa shape index (κ2) is 6.58. The van der Waals surface area contributed by atoms with Crippen LogP contribution in [-0.4, -0.2) is 25.3 Å². The number of rotatable bonds is 3. The van der Waals surface area contributed by atoms with Crippen LogP contribution in [0.25, 0.3) is 11.1 Å². The first kappa shape index (κ1) is 19.9. The molecule has 0 aromatic heterocycles. The third-order valence-corrected chi connectivity index (χ3v) is 8.98. The number of sulfonamides is 1. The van der Waals surface area contributed by atoms with Crippen LogP contribution in [0, 0.1) is 16.7 Å². The van der Waals surface area contributed by atoms with Crippen LogP contribution in [0.3, 0.4) is 0 Å². The van der Waals surface area contributed by atoms with Gasteiger partial charge in [0.25, 0.3) is 0 Å². The first-order valence-electron chi connectivity index (χ1n) is 9.90. The van der Waals surface area contributed by atoms with E-state index in [0.717, 1.165) is 24.0 Å². The van der Waals surface area contributed by atoms with Crippen LogP contribution in [0.2, 0.25) is 5.02 Å². The number of fused-ring (bicyclic) bond motifs is 2. The molecule has 2 aromatic rings.